The van der Waals surface area contributed by atoms with Crippen LogP contribution in [0.2, 0.25) is 0 Å². The van der Waals surface area contributed by atoms with Crippen LogP contribution >= 0.6 is 0 Å². The number of esters is 2. The fourth-order valence-corrected chi connectivity index (χ4v) is 7.82. The molecule has 0 spiro atoms. The third-order valence-corrected chi connectivity index (χ3v) is 10.6. The number of imidazole rings is 4. The Morgan fingerprint density at radius 2 is 1.58 bits per heavy atom. The van der Waals surface area contributed by atoms with Gasteiger partial charge in [0.2, 0.25) is 24.5 Å². The molecular weight excluding hydrogens is 660 g/mol. The number of carbonyl (C=O) groups excluding carboxylic acids is 2. The molecule has 0 amide bonds. The molecule has 0 bridgehead atoms. The number of carbonyl (C=O) groups is 2. The molecule has 0 aliphatic heterocycles. The highest BCUT2D eigenvalue weighted by Gasteiger charge is 2.34. The molecule has 274 valence electrons. The number of aromatic nitrogens is 8. The fraction of sp³-hybridized carbons (Fsp3) is 0.474. The highest BCUT2D eigenvalue weighted by Crippen LogP contribution is 2.36. The topological polar surface area (TPSA) is 173 Å². The van der Waals surface area contributed by atoms with Crippen molar-refractivity contribution in [2.75, 3.05) is 24.9 Å². The average molecular weight is 711 g/mol. The first-order valence-electron chi connectivity index (χ1n) is 18.5. The van der Waals surface area contributed by atoms with Crippen LogP contribution in [0.25, 0.3) is 22.5 Å². The molecule has 5 aromatic rings. The van der Waals surface area contributed by atoms with E-state index in [1.165, 1.54) is 52.7 Å². The zero-order valence-electron chi connectivity index (χ0n) is 30.0. The Bertz CT molecular complexity index is 1750. The SMILES string of the molecule is COC(=O)[C@H](Cc1c[nH+]c[nH]1)n1cnc(NC2CCCCC2)c1-c1ccc(-c2c(NC3CCCCC3)[nH]c[n+]2[C@@H](Cc2cnc[nH]2)C(=O)OC)cc1. The first-order chi connectivity index (χ1) is 25.5. The molecule has 0 saturated heterocycles. The molecular formula is C38H50N10O4+2. The maximum Gasteiger partial charge on any atom is 0.351 e. The molecule has 6 N–H and O–H groups in total. The van der Waals surface area contributed by atoms with Gasteiger partial charge in [0.15, 0.2) is 11.5 Å². The lowest BCUT2D eigenvalue weighted by Crippen LogP contribution is -2.46. The third kappa shape index (κ3) is 7.75. The maximum absolute atomic E-state index is 13.4. The van der Waals surface area contributed by atoms with Crippen molar-refractivity contribution >= 4 is 23.6 Å². The highest BCUT2D eigenvalue weighted by atomic mass is 16.5. The number of aromatic amines is 4. The van der Waals surface area contributed by atoms with E-state index in [0.717, 1.165) is 71.2 Å². The Morgan fingerprint density at radius 1 is 0.885 bits per heavy atom. The van der Waals surface area contributed by atoms with Gasteiger partial charge in [0.05, 0.1) is 32.6 Å². The summed E-state index contributed by atoms with van der Waals surface area (Å²) >= 11 is 0. The number of hydrogen-bond donors (Lipinski definition) is 5. The molecule has 2 fully saturated rings. The summed E-state index contributed by atoms with van der Waals surface area (Å²) in [6.45, 7) is 0. The lowest BCUT2D eigenvalue weighted by molar-refractivity contribution is -0.699. The first-order valence-corrected chi connectivity index (χ1v) is 18.5. The standard InChI is InChI=1S/C38H48N10O4/c1-51-37(49)31(17-29-19-39-21-41-29)47-23-43-35(45-27-9-5-3-6-10-27)33(47)25-13-15-26(16-14-25)34-36(46-28-11-7-4-8-12-28)44-24-48(34)32(38(50)52-2)18-30-20-40-22-42-30/h13-16,19-24,27-28,31-32,45-46H,3-12,17-18H2,1-2H3,(H2,39,40,41,42)/p+2/t31-,32-/m0/s1. The molecule has 1 aromatic carbocycles. The number of benzene rings is 1. The second-order valence-corrected chi connectivity index (χ2v) is 14.0. The van der Waals surface area contributed by atoms with Crippen molar-refractivity contribution in [2.45, 2.75) is 101 Å². The smallest absolute Gasteiger partial charge is 0.351 e. The van der Waals surface area contributed by atoms with Crippen LogP contribution < -0.4 is 20.2 Å². The van der Waals surface area contributed by atoms with E-state index in [0.29, 0.717) is 24.9 Å². The quantitative estimate of drug-likeness (QED) is 0.0782. The number of rotatable bonds is 14. The summed E-state index contributed by atoms with van der Waals surface area (Å²) in [5.41, 5.74) is 5.19. The van der Waals surface area contributed by atoms with E-state index < -0.39 is 12.1 Å². The normalized spacial score (nSPS) is 16.7. The summed E-state index contributed by atoms with van der Waals surface area (Å²) in [5.74, 6) is 0.896. The molecule has 52 heavy (non-hydrogen) atoms. The number of H-pyrrole nitrogens is 4. The summed E-state index contributed by atoms with van der Waals surface area (Å²) in [6.07, 6.45) is 22.9. The van der Waals surface area contributed by atoms with Gasteiger partial charge in [-0.25, -0.2) is 34.1 Å². The maximum atomic E-state index is 13.4. The molecule has 14 heteroatoms. The number of methoxy groups -OCH3 is 2. The van der Waals surface area contributed by atoms with Gasteiger partial charge in [0, 0.05) is 47.9 Å². The molecule has 0 unspecified atom stereocenters. The van der Waals surface area contributed by atoms with E-state index >= 15 is 0 Å². The molecule has 7 rings (SSSR count). The Hall–Kier alpha value is -5.40. The molecule has 2 saturated carbocycles. The van der Waals surface area contributed by atoms with Gasteiger partial charge in [-0.15, -0.1) is 0 Å². The zero-order valence-corrected chi connectivity index (χ0v) is 30.0. The lowest BCUT2D eigenvalue weighted by Gasteiger charge is -2.24. The second-order valence-electron chi connectivity index (χ2n) is 14.0. The summed E-state index contributed by atoms with van der Waals surface area (Å²) in [5, 5.41) is 7.49. The molecule has 2 aliphatic carbocycles. The molecule has 4 aromatic heterocycles. The molecule has 0 radical (unpaired) electrons. The van der Waals surface area contributed by atoms with Gasteiger partial charge < -0.3 is 29.7 Å². The van der Waals surface area contributed by atoms with Gasteiger partial charge in [-0.05, 0) is 37.8 Å². The van der Waals surface area contributed by atoms with Gasteiger partial charge in [-0.3, -0.25) is 4.98 Å². The Balaban J connectivity index is 1.29. The highest BCUT2D eigenvalue weighted by molar-refractivity contribution is 5.81. The van der Waals surface area contributed by atoms with Crippen LogP contribution in [0.1, 0.15) is 87.7 Å². The van der Waals surface area contributed by atoms with Crippen molar-refractivity contribution in [3.63, 3.8) is 0 Å². The van der Waals surface area contributed by atoms with Crippen molar-refractivity contribution in [1.82, 2.24) is 29.5 Å². The van der Waals surface area contributed by atoms with Gasteiger partial charge in [0.1, 0.15) is 17.9 Å². The molecule has 2 atom stereocenters. The van der Waals surface area contributed by atoms with Gasteiger partial charge in [-0.1, -0.05) is 50.7 Å². The first kappa shape index (κ1) is 35.0. The van der Waals surface area contributed by atoms with Crippen LogP contribution in [0.5, 0.6) is 0 Å². The summed E-state index contributed by atoms with van der Waals surface area (Å²) in [6, 6.07) is 7.62. The van der Waals surface area contributed by atoms with Gasteiger partial charge in [0.25, 0.3) is 0 Å². The molecule has 2 aliphatic rings. The predicted molar refractivity (Wildman–Crippen MR) is 194 cm³/mol. The van der Waals surface area contributed by atoms with E-state index in [-0.39, 0.29) is 11.9 Å². The average Bonchev–Trinajstić information content (AvgIpc) is 4.02. The van der Waals surface area contributed by atoms with Crippen molar-refractivity contribution in [2.24, 2.45) is 0 Å². The zero-order chi connectivity index (χ0) is 35.9. The van der Waals surface area contributed by atoms with Crippen LogP contribution in [0.3, 0.4) is 0 Å². The number of nitrogens with one attached hydrogen (secondary N) is 6. The number of nitrogens with zero attached hydrogens (tertiary/aromatic N) is 4. The van der Waals surface area contributed by atoms with Crippen molar-refractivity contribution in [3.05, 3.63) is 73.4 Å². The number of hydrogen-bond acceptors (Lipinski definition) is 8. The van der Waals surface area contributed by atoms with E-state index in [9.17, 15) is 9.59 Å². The van der Waals surface area contributed by atoms with Gasteiger partial charge >= 0.3 is 11.9 Å². The Morgan fingerprint density at radius 3 is 2.21 bits per heavy atom. The summed E-state index contributed by atoms with van der Waals surface area (Å²) in [7, 11) is 2.84. The predicted octanol–water partition coefficient (Wildman–Crippen LogP) is 5.10. The van der Waals surface area contributed by atoms with E-state index in [4.69, 9.17) is 14.5 Å². The van der Waals surface area contributed by atoms with Crippen LogP contribution in [0.15, 0.2) is 62.0 Å². The third-order valence-electron chi connectivity index (χ3n) is 10.6. The lowest BCUT2D eigenvalue weighted by atomic mass is 9.95. The summed E-state index contributed by atoms with van der Waals surface area (Å²) in [4.78, 5) is 48.6. The number of ether oxygens (including phenoxy) is 2. The molecule has 4 heterocycles. The second kappa shape index (κ2) is 16.3. The Labute approximate surface area is 303 Å². The fourth-order valence-electron chi connectivity index (χ4n) is 7.82. The van der Waals surface area contributed by atoms with Crippen molar-refractivity contribution in [3.8, 4) is 22.5 Å². The van der Waals surface area contributed by atoms with Crippen LogP contribution in [0.4, 0.5) is 11.6 Å². The van der Waals surface area contributed by atoms with E-state index in [1.807, 2.05) is 21.7 Å². The van der Waals surface area contributed by atoms with Crippen molar-refractivity contribution < 1.29 is 28.6 Å². The minimum Gasteiger partial charge on any atom is -0.467 e. The van der Waals surface area contributed by atoms with Gasteiger partial charge in [-0.2, -0.15) is 0 Å². The molecule has 14 nitrogen and oxygen atoms in total. The van der Waals surface area contributed by atoms with E-state index in [2.05, 4.69) is 59.8 Å². The monoisotopic (exact) mass is 710 g/mol. The van der Waals surface area contributed by atoms with Crippen LogP contribution in [-0.2, 0) is 31.9 Å². The largest absolute Gasteiger partial charge is 0.467 e. The van der Waals surface area contributed by atoms with Crippen LogP contribution in [0, 0.1) is 0 Å². The number of anilines is 2. The van der Waals surface area contributed by atoms with E-state index in [1.54, 1.807) is 25.2 Å². The Kier molecular flexibility index (Phi) is 11.0. The minimum atomic E-state index is -0.650. The van der Waals surface area contributed by atoms with Crippen LogP contribution in [-0.4, -0.2) is 67.7 Å². The summed E-state index contributed by atoms with van der Waals surface area (Å²) < 4.78 is 14.5. The van der Waals surface area contributed by atoms with Crippen molar-refractivity contribution in [1.29, 1.82) is 0 Å². The minimum absolute atomic E-state index is 0.307.